The molecule has 4 nitrogen and oxygen atoms in total. The zero-order valence-corrected chi connectivity index (χ0v) is 40.3. The number of hydrogen-bond donors (Lipinski definition) is 0. The molecule has 0 aliphatic carbocycles. The summed E-state index contributed by atoms with van der Waals surface area (Å²) >= 11 is 0. The van der Waals surface area contributed by atoms with E-state index in [2.05, 4.69) is 214 Å². The molecule has 11 aromatic rings. The highest BCUT2D eigenvalue weighted by molar-refractivity contribution is 6.18. The average Bonchev–Trinajstić information content (AvgIpc) is 3.84. The van der Waals surface area contributed by atoms with Gasteiger partial charge in [0, 0.05) is 61.7 Å². The second-order valence-corrected chi connectivity index (χ2v) is 19.1. The predicted molar refractivity (Wildman–Crippen MR) is 282 cm³/mol. The summed E-state index contributed by atoms with van der Waals surface area (Å²) in [4.78, 5) is 4.87. The van der Waals surface area contributed by atoms with Gasteiger partial charge in [-0.25, -0.2) is 0 Å². The Kier molecular flexibility index (Phi) is 9.50. The van der Waals surface area contributed by atoms with E-state index >= 15 is 0 Å². The topological polar surface area (TPSA) is 32.8 Å². The van der Waals surface area contributed by atoms with Crippen LogP contribution in [0.4, 0.5) is 34.1 Å². The fraction of sp³-hybridized carbons (Fsp3) is 0.194. The summed E-state index contributed by atoms with van der Waals surface area (Å²) in [5.41, 5.74) is 26.0. The second kappa shape index (κ2) is 15.1. The van der Waals surface area contributed by atoms with Crippen LogP contribution in [-0.2, 0) is 0 Å². The lowest BCUT2D eigenvalue weighted by Crippen LogP contribution is -2.14. The fourth-order valence-electron chi connectivity index (χ4n) is 10.3. The molecule has 0 aliphatic heterocycles. The van der Waals surface area contributed by atoms with Gasteiger partial charge in [0.05, 0.1) is 0 Å². The van der Waals surface area contributed by atoms with Crippen molar-refractivity contribution in [3.8, 4) is 0 Å². The van der Waals surface area contributed by atoms with E-state index < -0.39 is 0 Å². The van der Waals surface area contributed by atoms with E-state index in [1.165, 1.54) is 100 Å². The molecule has 0 unspecified atom stereocenters. The Hall–Kier alpha value is -7.30. The largest absolute Gasteiger partial charge is 0.456 e. The smallest absolute Gasteiger partial charge is 0.139 e. The summed E-state index contributed by atoms with van der Waals surface area (Å²) in [6.07, 6.45) is 0. The number of hydrogen-bond acceptors (Lipinski definition) is 4. The van der Waals surface area contributed by atoms with Gasteiger partial charge in [-0.05, 0) is 250 Å². The predicted octanol–water partition coefficient (Wildman–Crippen LogP) is 18.4. The molecule has 0 aliphatic rings. The van der Waals surface area contributed by atoms with Gasteiger partial charge in [0.15, 0.2) is 0 Å². The van der Waals surface area contributed by atoms with E-state index in [1.807, 2.05) is 0 Å². The maximum absolute atomic E-state index is 6.71. The van der Waals surface area contributed by atoms with Crippen molar-refractivity contribution in [3.05, 3.63) is 188 Å². The number of rotatable bonds is 6. The minimum absolute atomic E-state index is 0.820. The molecule has 0 spiro atoms. The molecule has 0 saturated carbocycles. The summed E-state index contributed by atoms with van der Waals surface area (Å²) in [6.45, 7) is 26.7. The van der Waals surface area contributed by atoms with Crippen LogP contribution in [0.2, 0.25) is 0 Å². The molecule has 11 rings (SSSR count). The van der Waals surface area contributed by atoms with Gasteiger partial charge in [0.25, 0.3) is 0 Å². The Morgan fingerprint density at radius 1 is 0.258 bits per heavy atom. The molecule has 0 N–H and O–H groups in total. The van der Waals surface area contributed by atoms with Crippen molar-refractivity contribution in [2.45, 2.75) is 83.1 Å². The fourth-order valence-corrected chi connectivity index (χ4v) is 10.3. The van der Waals surface area contributed by atoms with E-state index in [1.54, 1.807) is 0 Å². The Labute approximate surface area is 387 Å². The first-order valence-corrected chi connectivity index (χ1v) is 23.2. The third-order valence-electron chi connectivity index (χ3n) is 15.5. The number of benzene rings is 9. The van der Waals surface area contributed by atoms with Crippen molar-refractivity contribution in [2.24, 2.45) is 0 Å². The highest BCUT2D eigenvalue weighted by atomic mass is 16.3. The number of aryl methyl sites for hydroxylation is 4. The van der Waals surface area contributed by atoms with Gasteiger partial charge in [0.1, 0.15) is 22.3 Å². The summed E-state index contributed by atoms with van der Waals surface area (Å²) < 4.78 is 13.4. The van der Waals surface area contributed by atoms with Crippen LogP contribution in [0.15, 0.2) is 130 Å². The Morgan fingerprint density at radius 3 is 0.894 bits per heavy atom. The Bertz CT molecular complexity index is 3500. The quantitative estimate of drug-likeness (QED) is 0.167. The van der Waals surface area contributed by atoms with Crippen LogP contribution in [0.1, 0.15) is 66.8 Å². The molecule has 0 fully saturated rings. The molecular weight excluding hydrogens is 805 g/mol. The Balaban J connectivity index is 1.02. The maximum atomic E-state index is 6.71. The monoisotopic (exact) mass is 860 g/mol. The zero-order valence-electron chi connectivity index (χ0n) is 40.3. The summed E-state index contributed by atoms with van der Waals surface area (Å²) in [6, 6.07) is 45.1. The van der Waals surface area contributed by atoms with Crippen molar-refractivity contribution >= 4 is 99.5 Å². The first kappa shape index (κ1) is 41.4. The molecule has 0 atom stereocenters. The van der Waals surface area contributed by atoms with Gasteiger partial charge >= 0.3 is 0 Å². The molecular formula is C62H56N2O2. The lowest BCUT2D eigenvalue weighted by Gasteiger charge is -2.30. The van der Waals surface area contributed by atoms with E-state index in [0.29, 0.717) is 0 Å². The zero-order chi connectivity index (χ0) is 46.0. The molecule has 2 heterocycles. The van der Waals surface area contributed by atoms with E-state index in [9.17, 15) is 0 Å². The molecule has 0 amide bonds. The van der Waals surface area contributed by atoms with Gasteiger partial charge in [-0.15, -0.1) is 0 Å². The minimum atomic E-state index is 0.820. The molecule has 0 bridgehead atoms. The second-order valence-electron chi connectivity index (χ2n) is 19.1. The maximum Gasteiger partial charge on any atom is 0.139 e. The van der Waals surface area contributed by atoms with Gasteiger partial charge in [-0.3, -0.25) is 0 Å². The van der Waals surface area contributed by atoms with Crippen LogP contribution in [0.5, 0.6) is 0 Å². The van der Waals surface area contributed by atoms with Crippen LogP contribution >= 0.6 is 0 Å². The third kappa shape index (κ3) is 6.33. The van der Waals surface area contributed by atoms with Crippen molar-refractivity contribution in [1.82, 2.24) is 0 Å². The third-order valence-corrected chi connectivity index (χ3v) is 15.5. The van der Waals surface area contributed by atoms with Crippen molar-refractivity contribution in [3.63, 3.8) is 0 Å². The molecule has 2 aromatic heterocycles. The van der Waals surface area contributed by atoms with Crippen LogP contribution in [0.3, 0.4) is 0 Å². The molecule has 66 heavy (non-hydrogen) atoms. The van der Waals surface area contributed by atoms with Crippen LogP contribution < -0.4 is 9.80 Å². The van der Waals surface area contributed by atoms with Gasteiger partial charge in [0.2, 0.25) is 0 Å². The Morgan fingerprint density at radius 2 is 0.561 bits per heavy atom. The van der Waals surface area contributed by atoms with E-state index in [0.717, 1.165) is 66.0 Å². The normalized spacial score (nSPS) is 11.9. The number of anilines is 6. The van der Waals surface area contributed by atoms with Crippen LogP contribution in [0, 0.1) is 83.1 Å². The van der Waals surface area contributed by atoms with Crippen LogP contribution in [0.25, 0.3) is 65.4 Å². The minimum Gasteiger partial charge on any atom is -0.456 e. The highest BCUT2D eigenvalue weighted by Gasteiger charge is 2.23. The lowest BCUT2D eigenvalue weighted by molar-refractivity contribution is 0.656. The molecule has 4 heteroatoms. The molecule has 0 saturated heterocycles. The summed E-state index contributed by atoms with van der Waals surface area (Å²) in [7, 11) is 0. The van der Waals surface area contributed by atoms with Crippen LogP contribution in [-0.4, -0.2) is 0 Å². The number of furan rings is 2. The molecule has 9 aromatic carbocycles. The van der Waals surface area contributed by atoms with Gasteiger partial charge in [-0.1, -0.05) is 36.4 Å². The van der Waals surface area contributed by atoms with Crippen molar-refractivity contribution in [2.75, 3.05) is 9.80 Å². The molecule has 326 valence electrons. The standard InChI is InChI=1S/C62H56N2O2/c1-33-13-21-55(41(9)37(33)5)63(56-22-14-34(2)38(6)42(56)10)49-19-17-45-27-51-53-31-54-52-28-46-18-20-50(26-48(46)30-60(52)66-62(54)32-61(53)65-59(51)29-47(45)25-49)64(57-23-15-35(3)39(7)43(57)11)58-24-16-36(4)40(8)44(58)12/h13-32H,1-12H3. The van der Waals surface area contributed by atoms with Gasteiger partial charge < -0.3 is 18.6 Å². The lowest BCUT2D eigenvalue weighted by atomic mass is 9.97. The summed E-state index contributed by atoms with van der Waals surface area (Å²) in [5.74, 6) is 0. The van der Waals surface area contributed by atoms with Crippen molar-refractivity contribution in [1.29, 1.82) is 0 Å². The van der Waals surface area contributed by atoms with Crippen molar-refractivity contribution < 1.29 is 8.83 Å². The first-order chi connectivity index (χ1) is 31.7. The first-order valence-electron chi connectivity index (χ1n) is 23.2. The van der Waals surface area contributed by atoms with E-state index in [-0.39, 0.29) is 0 Å². The molecule has 0 radical (unpaired) electrons. The van der Waals surface area contributed by atoms with E-state index in [4.69, 9.17) is 8.83 Å². The SMILES string of the molecule is Cc1ccc(N(c2ccc3cc4c(cc3c2)oc2cc3oc5cc6cc(N(c7ccc(C)c(C)c7C)c7ccc(C)c(C)c7C)ccc6cc5c3cc24)c2ccc(C)c(C)c2C)c(C)c1C. The number of nitrogens with zero attached hydrogens (tertiary/aromatic N) is 2. The highest BCUT2D eigenvalue weighted by Crippen LogP contribution is 2.46. The average molecular weight is 861 g/mol. The van der Waals surface area contributed by atoms with Gasteiger partial charge in [-0.2, -0.15) is 0 Å². The number of fused-ring (bicyclic) bond motifs is 8. The summed E-state index contributed by atoms with van der Waals surface area (Å²) in [5, 5.41) is 8.97.